The maximum absolute atomic E-state index is 12.0. The van der Waals surface area contributed by atoms with Crippen LogP contribution in [0, 0.1) is 10.8 Å². The van der Waals surface area contributed by atoms with Crippen molar-refractivity contribution in [1.29, 1.82) is 0 Å². The second kappa shape index (κ2) is 4.60. The Kier molecular flexibility index (Phi) is 3.82. The number of rotatable bonds is 3. The fraction of sp³-hybridized carbons (Fsp3) is 0.786. The Hall–Kier alpha value is -0.790. The zero-order chi connectivity index (χ0) is 12.4. The highest BCUT2D eigenvalue weighted by Crippen LogP contribution is 2.47. The van der Waals surface area contributed by atoms with Crippen LogP contribution in [0.25, 0.3) is 0 Å². The van der Waals surface area contributed by atoms with E-state index in [-0.39, 0.29) is 16.8 Å². The van der Waals surface area contributed by atoms with Gasteiger partial charge in [0.25, 0.3) is 0 Å². The molecule has 0 aromatic rings. The molecular formula is C14H24O2. The quantitative estimate of drug-likeness (QED) is 0.539. The summed E-state index contributed by atoms with van der Waals surface area (Å²) in [5, 5.41) is 0. The van der Waals surface area contributed by atoms with Crippen LogP contribution in [-0.4, -0.2) is 12.6 Å². The van der Waals surface area contributed by atoms with Gasteiger partial charge in [0.05, 0.1) is 12.0 Å². The molecule has 2 nitrogen and oxygen atoms in total. The van der Waals surface area contributed by atoms with Gasteiger partial charge >= 0.3 is 5.97 Å². The van der Waals surface area contributed by atoms with Crippen LogP contribution in [-0.2, 0) is 9.53 Å². The second-order valence-corrected chi connectivity index (χ2v) is 5.71. The van der Waals surface area contributed by atoms with Gasteiger partial charge in [-0.25, -0.2) is 0 Å². The minimum absolute atomic E-state index is 0.0204. The van der Waals surface area contributed by atoms with E-state index in [9.17, 15) is 4.79 Å². The highest BCUT2D eigenvalue weighted by atomic mass is 16.5. The minimum atomic E-state index is -0.279. The van der Waals surface area contributed by atoms with Crippen molar-refractivity contribution in [3.05, 3.63) is 11.6 Å². The summed E-state index contributed by atoms with van der Waals surface area (Å²) in [5.41, 5.74) is 1.28. The minimum Gasteiger partial charge on any atom is -0.466 e. The molecule has 2 heteroatoms. The topological polar surface area (TPSA) is 26.3 Å². The molecule has 0 saturated carbocycles. The van der Waals surface area contributed by atoms with Gasteiger partial charge in [-0.3, -0.25) is 4.79 Å². The van der Waals surface area contributed by atoms with Crippen molar-refractivity contribution in [3.63, 3.8) is 0 Å². The Morgan fingerprint density at radius 3 is 2.44 bits per heavy atom. The Morgan fingerprint density at radius 1 is 1.44 bits per heavy atom. The Balaban J connectivity index is 2.79. The van der Waals surface area contributed by atoms with Crippen molar-refractivity contribution in [3.8, 4) is 0 Å². The molecule has 1 aliphatic rings. The monoisotopic (exact) mass is 224 g/mol. The molecule has 1 atom stereocenters. The molecule has 0 aromatic carbocycles. The lowest BCUT2D eigenvalue weighted by atomic mass is 9.77. The molecule has 16 heavy (non-hydrogen) atoms. The van der Waals surface area contributed by atoms with Gasteiger partial charge in [-0.1, -0.05) is 39.3 Å². The zero-order valence-electron chi connectivity index (χ0n) is 11.2. The molecule has 0 spiro atoms. The van der Waals surface area contributed by atoms with Crippen molar-refractivity contribution in [2.75, 3.05) is 6.61 Å². The van der Waals surface area contributed by atoms with Crippen LogP contribution in [0.2, 0.25) is 0 Å². The van der Waals surface area contributed by atoms with Gasteiger partial charge in [0.2, 0.25) is 0 Å². The van der Waals surface area contributed by atoms with E-state index >= 15 is 0 Å². The van der Waals surface area contributed by atoms with Gasteiger partial charge in [0.15, 0.2) is 0 Å². The molecule has 1 rings (SSSR count). The van der Waals surface area contributed by atoms with E-state index in [2.05, 4.69) is 33.8 Å². The molecule has 1 aliphatic carbocycles. The second-order valence-electron chi connectivity index (χ2n) is 5.71. The standard InChI is InChI=1S/C14H24O2/c1-6-14(12(15)16-7-2)9-8-11(10-14)13(3,4)5/h8H,6-7,9-10H2,1-5H3. The molecule has 0 radical (unpaired) electrons. The molecule has 0 aliphatic heterocycles. The number of ether oxygens (including phenoxy) is 1. The van der Waals surface area contributed by atoms with Crippen LogP contribution < -0.4 is 0 Å². The van der Waals surface area contributed by atoms with E-state index in [1.807, 2.05) is 6.92 Å². The van der Waals surface area contributed by atoms with Crippen molar-refractivity contribution < 1.29 is 9.53 Å². The third-order valence-electron chi connectivity index (χ3n) is 3.62. The van der Waals surface area contributed by atoms with Gasteiger partial charge in [-0.05, 0) is 31.6 Å². The number of hydrogen-bond acceptors (Lipinski definition) is 2. The number of allylic oxidation sites excluding steroid dienone is 2. The summed E-state index contributed by atoms with van der Waals surface area (Å²) in [6, 6.07) is 0. The van der Waals surface area contributed by atoms with Crippen molar-refractivity contribution in [2.45, 2.75) is 53.9 Å². The summed E-state index contributed by atoms with van der Waals surface area (Å²) in [4.78, 5) is 12.0. The van der Waals surface area contributed by atoms with Crippen molar-refractivity contribution in [1.82, 2.24) is 0 Å². The lowest BCUT2D eigenvalue weighted by Crippen LogP contribution is -2.31. The normalized spacial score (nSPS) is 25.4. The molecule has 92 valence electrons. The third-order valence-corrected chi connectivity index (χ3v) is 3.62. The highest BCUT2D eigenvalue weighted by Gasteiger charge is 2.43. The molecule has 0 heterocycles. The smallest absolute Gasteiger partial charge is 0.312 e. The third kappa shape index (κ3) is 2.47. The van der Waals surface area contributed by atoms with E-state index in [4.69, 9.17) is 4.74 Å². The highest BCUT2D eigenvalue weighted by molar-refractivity contribution is 5.78. The van der Waals surface area contributed by atoms with Gasteiger partial charge < -0.3 is 4.74 Å². The lowest BCUT2D eigenvalue weighted by Gasteiger charge is -2.28. The Labute approximate surface area is 99.1 Å². The van der Waals surface area contributed by atoms with Crippen LogP contribution in [0.1, 0.15) is 53.9 Å². The predicted molar refractivity (Wildman–Crippen MR) is 66.1 cm³/mol. The Morgan fingerprint density at radius 2 is 2.06 bits per heavy atom. The van der Waals surface area contributed by atoms with Gasteiger partial charge in [-0.2, -0.15) is 0 Å². The molecule has 0 fully saturated rings. The first kappa shape index (κ1) is 13.3. The van der Waals surface area contributed by atoms with E-state index in [1.165, 1.54) is 5.57 Å². The molecule has 0 saturated heterocycles. The fourth-order valence-electron chi connectivity index (χ4n) is 2.25. The van der Waals surface area contributed by atoms with Crippen molar-refractivity contribution >= 4 is 5.97 Å². The summed E-state index contributed by atoms with van der Waals surface area (Å²) in [6.45, 7) is 11.0. The van der Waals surface area contributed by atoms with E-state index in [0.29, 0.717) is 6.61 Å². The van der Waals surface area contributed by atoms with Gasteiger partial charge in [-0.15, -0.1) is 0 Å². The Bertz CT molecular complexity index is 296. The molecule has 1 unspecified atom stereocenters. The maximum atomic E-state index is 12.0. The largest absolute Gasteiger partial charge is 0.466 e. The SMILES string of the molecule is CCOC(=O)C1(CC)CC=C(C(C)(C)C)C1. The predicted octanol–water partition coefficient (Wildman–Crippen LogP) is 3.71. The lowest BCUT2D eigenvalue weighted by molar-refractivity contribution is -0.155. The number of carbonyl (C=O) groups excluding carboxylic acids is 1. The van der Waals surface area contributed by atoms with Crippen LogP contribution in [0.3, 0.4) is 0 Å². The molecular weight excluding hydrogens is 200 g/mol. The van der Waals surface area contributed by atoms with Gasteiger partial charge in [0, 0.05) is 0 Å². The first-order valence-corrected chi connectivity index (χ1v) is 6.22. The fourth-order valence-corrected chi connectivity index (χ4v) is 2.25. The van der Waals surface area contributed by atoms with Crippen LogP contribution in [0.15, 0.2) is 11.6 Å². The number of hydrogen-bond donors (Lipinski definition) is 0. The molecule has 0 aromatic heterocycles. The summed E-state index contributed by atoms with van der Waals surface area (Å²) in [5.74, 6) is -0.0204. The first-order valence-electron chi connectivity index (χ1n) is 6.22. The number of esters is 1. The maximum Gasteiger partial charge on any atom is 0.312 e. The molecule has 0 N–H and O–H groups in total. The number of carbonyl (C=O) groups is 1. The van der Waals surface area contributed by atoms with Crippen molar-refractivity contribution in [2.24, 2.45) is 10.8 Å². The average molecular weight is 224 g/mol. The summed E-state index contributed by atoms with van der Waals surface area (Å²) < 4.78 is 5.21. The molecule has 0 amide bonds. The van der Waals surface area contributed by atoms with E-state index in [1.54, 1.807) is 0 Å². The summed E-state index contributed by atoms with van der Waals surface area (Å²) >= 11 is 0. The van der Waals surface area contributed by atoms with E-state index in [0.717, 1.165) is 19.3 Å². The van der Waals surface area contributed by atoms with Crippen LogP contribution >= 0.6 is 0 Å². The first-order chi connectivity index (χ1) is 7.35. The van der Waals surface area contributed by atoms with Crippen LogP contribution in [0.4, 0.5) is 0 Å². The van der Waals surface area contributed by atoms with Gasteiger partial charge in [0.1, 0.15) is 0 Å². The summed E-state index contributed by atoms with van der Waals surface area (Å²) in [6.07, 6.45) is 4.81. The van der Waals surface area contributed by atoms with Crippen LogP contribution in [0.5, 0.6) is 0 Å². The van der Waals surface area contributed by atoms with E-state index < -0.39 is 0 Å². The molecule has 0 bridgehead atoms. The average Bonchev–Trinajstić information content (AvgIpc) is 2.63. The zero-order valence-corrected chi connectivity index (χ0v) is 11.2. The summed E-state index contributed by atoms with van der Waals surface area (Å²) in [7, 11) is 0.